The van der Waals surface area contributed by atoms with Gasteiger partial charge in [0.05, 0.1) is 12.6 Å². The van der Waals surface area contributed by atoms with Gasteiger partial charge >= 0.3 is 0 Å². The van der Waals surface area contributed by atoms with Crippen LogP contribution in [0.25, 0.3) is 0 Å². The number of nitrogens with zero attached hydrogens (tertiary/aromatic N) is 1. The molecule has 3 nitrogen and oxygen atoms in total. The molecule has 0 saturated heterocycles. The summed E-state index contributed by atoms with van der Waals surface area (Å²) in [6.07, 6.45) is 5.68. The Labute approximate surface area is 178 Å². The van der Waals surface area contributed by atoms with E-state index in [0.29, 0.717) is 13.2 Å². The van der Waals surface area contributed by atoms with Crippen molar-refractivity contribution >= 4 is 10.3 Å². The van der Waals surface area contributed by atoms with E-state index in [1.807, 2.05) is 0 Å². The van der Waals surface area contributed by atoms with Crippen molar-refractivity contribution in [3.8, 4) is 0 Å². The van der Waals surface area contributed by atoms with Crippen LogP contribution in [0.3, 0.4) is 0 Å². The van der Waals surface area contributed by atoms with Crippen LogP contribution in [0.15, 0.2) is 82.6 Å². The fraction of sp³-hybridized carbons (Fsp3) is 0.440. The van der Waals surface area contributed by atoms with Crippen LogP contribution in [0.1, 0.15) is 27.2 Å². The van der Waals surface area contributed by atoms with Crippen molar-refractivity contribution in [2.24, 2.45) is 11.1 Å². The largest absolute Gasteiger partial charge is 0.329 e. The molecule has 0 fully saturated rings. The molecule has 4 heteroatoms. The first-order chi connectivity index (χ1) is 13.9. The van der Waals surface area contributed by atoms with Crippen LogP contribution >= 0.6 is 10.3 Å². The van der Waals surface area contributed by atoms with Crippen LogP contribution in [-0.2, 0) is 4.18 Å². The third-order valence-electron chi connectivity index (χ3n) is 5.15. The fourth-order valence-corrected chi connectivity index (χ4v) is 7.69. The Kier molecular flexibility index (Phi) is 7.58. The Morgan fingerprint density at radius 3 is 2.10 bits per heavy atom. The van der Waals surface area contributed by atoms with Crippen molar-refractivity contribution in [3.05, 3.63) is 72.8 Å². The van der Waals surface area contributed by atoms with E-state index in [1.165, 1.54) is 9.79 Å². The average Bonchev–Trinajstić information content (AvgIpc) is 2.73. The second-order valence-electron chi connectivity index (χ2n) is 8.90. The zero-order valence-electron chi connectivity index (χ0n) is 18.1. The molecule has 2 aromatic rings. The van der Waals surface area contributed by atoms with Gasteiger partial charge in [-0.1, -0.05) is 79.6 Å². The molecule has 1 atom stereocenters. The third-order valence-corrected chi connectivity index (χ3v) is 9.03. The van der Waals surface area contributed by atoms with Crippen LogP contribution in [0, 0.1) is 5.41 Å². The Balaban J connectivity index is 1.99. The number of rotatable bonds is 8. The van der Waals surface area contributed by atoms with Crippen LogP contribution < -0.4 is 5.73 Å². The quantitative estimate of drug-likeness (QED) is 0.584. The first-order valence-corrected chi connectivity index (χ1v) is 12.3. The van der Waals surface area contributed by atoms with E-state index in [4.69, 9.17) is 9.92 Å². The van der Waals surface area contributed by atoms with Crippen molar-refractivity contribution in [3.63, 3.8) is 0 Å². The minimum absolute atomic E-state index is 0.139. The van der Waals surface area contributed by atoms with Crippen LogP contribution in [0.5, 0.6) is 0 Å². The first-order valence-electron chi connectivity index (χ1n) is 10.6. The van der Waals surface area contributed by atoms with E-state index in [1.54, 1.807) is 0 Å². The van der Waals surface area contributed by atoms with Crippen LogP contribution in [-0.4, -0.2) is 42.9 Å². The molecule has 0 aromatic heterocycles. The van der Waals surface area contributed by atoms with E-state index in [-0.39, 0.29) is 11.5 Å². The SMILES string of the molecule is CC(C)(C)CS(OC[C@@H]1C=CCCN1CCN)(c1ccccc1)c1ccccc1. The second-order valence-corrected chi connectivity index (χ2v) is 11.7. The van der Waals surface area contributed by atoms with Gasteiger partial charge in [-0.3, -0.25) is 4.90 Å². The topological polar surface area (TPSA) is 38.5 Å². The normalized spacial score (nSPS) is 18.7. The van der Waals surface area contributed by atoms with Gasteiger partial charge in [-0.05, 0) is 36.1 Å². The lowest BCUT2D eigenvalue weighted by atomic mass is 10.0. The lowest BCUT2D eigenvalue weighted by Gasteiger charge is -2.45. The predicted molar refractivity (Wildman–Crippen MR) is 125 cm³/mol. The molecular weight excluding hydrogens is 376 g/mol. The minimum Gasteiger partial charge on any atom is -0.329 e. The molecule has 0 spiro atoms. The molecule has 0 amide bonds. The van der Waals surface area contributed by atoms with Gasteiger partial charge < -0.3 is 9.92 Å². The van der Waals surface area contributed by atoms with E-state index in [0.717, 1.165) is 25.3 Å². The molecule has 0 aliphatic carbocycles. The first kappa shape index (κ1) is 22.1. The molecule has 3 rings (SSSR count). The molecule has 29 heavy (non-hydrogen) atoms. The average molecular weight is 413 g/mol. The molecule has 1 aliphatic rings. The van der Waals surface area contributed by atoms with Gasteiger partial charge in [0.1, 0.15) is 0 Å². The molecule has 0 radical (unpaired) electrons. The summed E-state index contributed by atoms with van der Waals surface area (Å²) in [5.41, 5.74) is 6.01. The molecule has 0 bridgehead atoms. The summed E-state index contributed by atoms with van der Waals surface area (Å²) < 4.78 is 7.04. The van der Waals surface area contributed by atoms with Gasteiger partial charge in [-0.2, -0.15) is 0 Å². The number of hydrogen-bond acceptors (Lipinski definition) is 3. The van der Waals surface area contributed by atoms with Gasteiger partial charge in [-0.25, -0.2) is 0 Å². The van der Waals surface area contributed by atoms with Crippen LogP contribution in [0.2, 0.25) is 0 Å². The van der Waals surface area contributed by atoms with Gasteiger partial charge in [0, 0.05) is 35.2 Å². The number of nitrogens with two attached hydrogens (primary N) is 1. The lowest BCUT2D eigenvalue weighted by Crippen LogP contribution is -2.43. The number of benzene rings is 2. The molecule has 2 aromatic carbocycles. The van der Waals surface area contributed by atoms with Crippen molar-refractivity contribution < 1.29 is 4.18 Å². The Hall–Kier alpha value is -1.59. The van der Waals surface area contributed by atoms with Gasteiger partial charge in [-0.15, -0.1) is 0 Å². The molecule has 158 valence electrons. The summed E-state index contributed by atoms with van der Waals surface area (Å²) in [5.74, 6) is 0.987. The second kappa shape index (κ2) is 9.94. The Morgan fingerprint density at radius 1 is 1.00 bits per heavy atom. The molecular formula is C25H36N2OS. The zero-order chi connectivity index (χ0) is 20.7. The highest BCUT2D eigenvalue weighted by molar-refractivity contribution is 8.30. The number of hydrogen-bond donors (Lipinski definition) is 1. The smallest absolute Gasteiger partial charge is 0.0792 e. The third kappa shape index (κ3) is 5.73. The van der Waals surface area contributed by atoms with Crippen LogP contribution in [0.4, 0.5) is 0 Å². The monoisotopic (exact) mass is 412 g/mol. The van der Waals surface area contributed by atoms with E-state index < -0.39 is 10.3 Å². The summed E-state index contributed by atoms with van der Waals surface area (Å²) in [6.45, 7) is 10.3. The molecule has 0 saturated carbocycles. The maximum absolute atomic E-state index is 7.04. The fourth-order valence-electron chi connectivity index (χ4n) is 3.94. The summed E-state index contributed by atoms with van der Waals surface area (Å²) in [5, 5.41) is 0. The van der Waals surface area contributed by atoms with E-state index in [9.17, 15) is 0 Å². The summed E-state index contributed by atoms with van der Waals surface area (Å²) in [4.78, 5) is 5.05. The summed E-state index contributed by atoms with van der Waals surface area (Å²) >= 11 is 0. The standard InChI is InChI=1S/C25H36N2OS/c1-25(2,3)21-29(23-13-6-4-7-14-23,24-15-8-5-9-16-24)28-20-22-12-10-11-18-27(22)19-17-26/h4-10,12-16,22H,11,17-21,26H2,1-3H3/t22-/m0/s1. The maximum atomic E-state index is 7.04. The van der Waals surface area contributed by atoms with Crippen molar-refractivity contribution in [1.29, 1.82) is 0 Å². The predicted octanol–water partition coefficient (Wildman–Crippen LogP) is 5.48. The van der Waals surface area contributed by atoms with Gasteiger partial charge in [0.2, 0.25) is 0 Å². The van der Waals surface area contributed by atoms with Gasteiger partial charge in [0.25, 0.3) is 0 Å². The zero-order valence-corrected chi connectivity index (χ0v) is 18.9. The molecule has 0 unspecified atom stereocenters. The summed E-state index contributed by atoms with van der Waals surface area (Å²) in [6, 6.07) is 21.9. The maximum Gasteiger partial charge on any atom is 0.0792 e. The van der Waals surface area contributed by atoms with Gasteiger partial charge in [0.15, 0.2) is 0 Å². The lowest BCUT2D eigenvalue weighted by molar-refractivity contribution is 0.170. The molecule has 2 N–H and O–H groups in total. The van der Waals surface area contributed by atoms with E-state index >= 15 is 0 Å². The summed E-state index contributed by atoms with van der Waals surface area (Å²) in [7, 11) is -1.64. The molecule has 1 heterocycles. The van der Waals surface area contributed by atoms with Crippen molar-refractivity contribution in [1.82, 2.24) is 4.90 Å². The van der Waals surface area contributed by atoms with Crippen molar-refractivity contribution in [2.45, 2.75) is 43.0 Å². The Bertz CT molecular complexity index is 731. The van der Waals surface area contributed by atoms with Crippen molar-refractivity contribution in [2.75, 3.05) is 32.0 Å². The van der Waals surface area contributed by atoms with E-state index in [2.05, 4.69) is 98.5 Å². The minimum atomic E-state index is -1.64. The Morgan fingerprint density at radius 2 is 1.59 bits per heavy atom. The highest BCUT2D eigenvalue weighted by Gasteiger charge is 2.35. The molecule has 1 aliphatic heterocycles. The highest BCUT2D eigenvalue weighted by Crippen LogP contribution is 2.65. The highest BCUT2D eigenvalue weighted by atomic mass is 32.3.